The lowest BCUT2D eigenvalue weighted by molar-refractivity contribution is 0.102. The van der Waals surface area contributed by atoms with Crippen LogP contribution in [-0.4, -0.2) is 18.5 Å². The number of anilines is 1. The highest BCUT2D eigenvalue weighted by Crippen LogP contribution is 2.43. The lowest BCUT2D eigenvalue weighted by Crippen LogP contribution is -2.20. The normalized spacial score (nSPS) is 22.2. The molecule has 2 fully saturated rings. The molecule has 0 radical (unpaired) electrons. The Bertz CT molecular complexity index is 737. The van der Waals surface area contributed by atoms with Crippen LogP contribution < -0.4 is 10.6 Å². The molecule has 2 saturated carbocycles. The number of benzene rings is 2. The number of amides is 1. The molecule has 3 nitrogen and oxygen atoms in total. The van der Waals surface area contributed by atoms with E-state index in [4.69, 9.17) is 0 Å². The van der Waals surface area contributed by atoms with Crippen LogP contribution in [0.4, 0.5) is 5.69 Å². The lowest BCUT2D eigenvalue weighted by atomic mass is 10.0. The van der Waals surface area contributed by atoms with Crippen LogP contribution in [0.2, 0.25) is 0 Å². The Morgan fingerprint density at radius 1 is 1.12 bits per heavy atom. The topological polar surface area (TPSA) is 41.1 Å². The molecule has 0 saturated heterocycles. The van der Waals surface area contributed by atoms with Gasteiger partial charge >= 0.3 is 0 Å². The Morgan fingerprint density at radius 2 is 1.92 bits per heavy atom. The van der Waals surface area contributed by atoms with Crippen molar-refractivity contribution in [1.82, 2.24) is 5.32 Å². The Balaban J connectivity index is 1.38. The van der Waals surface area contributed by atoms with E-state index in [0.29, 0.717) is 17.5 Å². The van der Waals surface area contributed by atoms with Crippen LogP contribution in [0.15, 0.2) is 48.5 Å². The van der Waals surface area contributed by atoms with Crippen LogP contribution in [0.1, 0.15) is 46.7 Å². The van der Waals surface area contributed by atoms with E-state index in [0.717, 1.165) is 11.6 Å². The van der Waals surface area contributed by atoms with E-state index in [2.05, 4.69) is 29.7 Å². The van der Waals surface area contributed by atoms with E-state index in [1.54, 1.807) is 0 Å². The summed E-state index contributed by atoms with van der Waals surface area (Å²) in [6.07, 6.45) is 4.04. The van der Waals surface area contributed by atoms with Crippen molar-refractivity contribution in [2.24, 2.45) is 5.92 Å². The molecule has 2 aliphatic rings. The van der Waals surface area contributed by atoms with E-state index >= 15 is 0 Å². The zero-order chi connectivity index (χ0) is 16.5. The standard InChI is InChI=1S/C21H24N2O/c1-14-11-17(23-21(24)16-5-3-2-4-6-16)9-10-18(14)19-12-20(19)22-13-15-7-8-15/h2-6,9-11,15,19-20,22H,7-8,12-13H2,1H3,(H,23,24)/t19-,20+/m0/s1. The van der Waals surface area contributed by atoms with Crippen molar-refractivity contribution >= 4 is 11.6 Å². The van der Waals surface area contributed by atoms with Gasteiger partial charge < -0.3 is 10.6 Å². The maximum atomic E-state index is 12.2. The van der Waals surface area contributed by atoms with E-state index in [-0.39, 0.29) is 5.91 Å². The first-order valence-electron chi connectivity index (χ1n) is 8.91. The molecule has 0 unspecified atom stereocenters. The van der Waals surface area contributed by atoms with Gasteiger partial charge in [-0.25, -0.2) is 0 Å². The minimum atomic E-state index is -0.0573. The summed E-state index contributed by atoms with van der Waals surface area (Å²) in [5, 5.41) is 6.68. The number of carbonyl (C=O) groups excluding carboxylic acids is 1. The van der Waals surface area contributed by atoms with E-state index < -0.39 is 0 Å². The van der Waals surface area contributed by atoms with Crippen molar-refractivity contribution < 1.29 is 4.79 Å². The summed E-state index contributed by atoms with van der Waals surface area (Å²) in [7, 11) is 0. The summed E-state index contributed by atoms with van der Waals surface area (Å²) in [5.74, 6) is 1.52. The molecular formula is C21H24N2O. The van der Waals surface area contributed by atoms with Crippen molar-refractivity contribution in [1.29, 1.82) is 0 Å². The van der Waals surface area contributed by atoms with Gasteiger partial charge in [-0.1, -0.05) is 24.3 Å². The first-order chi connectivity index (χ1) is 11.7. The highest BCUT2D eigenvalue weighted by molar-refractivity contribution is 6.04. The smallest absolute Gasteiger partial charge is 0.255 e. The predicted octanol–water partition coefficient (Wildman–Crippen LogP) is 4.10. The third-order valence-electron chi connectivity index (χ3n) is 5.12. The average Bonchev–Trinajstić information content (AvgIpc) is 3.49. The highest BCUT2D eigenvalue weighted by atomic mass is 16.1. The van der Waals surface area contributed by atoms with Crippen molar-refractivity contribution in [2.75, 3.05) is 11.9 Å². The Morgan fingerprint density at radius 3 is 2.62 bits per heavy atom. The van der Waals surface area contributed by atoms with Crippen LogP contribution in [0.3, 0.4) is 0 Å². The highest BCUT2D eigenvalue weighted by Gasteiger charge is 2.39. The van der Waals surface area contributed by atoms with Crippen molar-refractivity contribution in [3.8, 4) is 0 Å². The van der Waals surface area contributed by atoms with E-state index in [9.17, 15) is 4.79 Å². The maximum absolute atomic E-state index is 12.2. The van der Waals surface area contributed by atoms with Crippen LogP contribution in [-0.2, 0) is 0 Å². The van der Waals surface area contributed by atoms with Gasteiger partial charge in [0.05, 0.1) is 0 Å². The summed E-state index contributed by atoms with van der Waals surface area (Å²) in [4.78, 5) is 12.2. The molecule has 2 atom stereocenters. The molecule has 2 aromatic carbocycles. The molecule has 24 heavy (non-hydrogen) atoms. The number of hydrogen-bond acceptors (Lipinski definition) is 2. The molecule has 2 aliphatic carbocycles. The Kier molecular flexibility index (Phi) is 4.11. The van der Waals surface area contributed by atoms with Gasteiger partial charge in [-0.05, 0) is 74.0 Å². The monoisotopic (exact) mass is 320 g/mol. The molecule has 1 amide bonds. The number of rotatable bonds is 6. The molecule has 0 heterocycles. The van der Waals surface area contributed by atoms with Crippen molar-refractivity contribution in [3.63, 3.8) is 0 Å². The molecule has 124 valence electrons. The van der Waals surface area contributed by atoms with Gasteiger partial charge in [0.1, 0.15) is 0 Å². The molecule has 2 N–H and O–H groups in total. The molecular weight excluding hydrogens is 296 g/mol. The second kappa shape index (κ2) is 6.40. The number of nitrogens with one attached hydrogen (secondary N) is 2. The molecule has 2 aromatic rings. The van der Waals surface area contributed by atoms with Gasteiger partial charge in [0, 0.05) is 23.2 Å². The Hall–Kier alpha value is -2.13. The number of hydrogen-bond donors (Lipinski definition) is 2. The van der Waals surface area contributed by atoms with Crippen LogP contribution in [0, 0.1) is 12.8 Å². The van der Waals surface area contributed by atoms with Gasteiger partial charge in [-0.2, -0.15) is 0 Å². The Labute approximate surface area is 143 Å². The van der Waals surface area contributed by atoms with Gasteiger partial charge in [0.25, 0.3) is 5.91 Å². The fourth-order valence-electron chi connectivity index (χ4n) is 3.37. The SMILES string of the molecule is Cc1cc(NC(=O)c2ccccc2)ccc1[C@@H]1C[C@H]1NCC1CC1. The fourth-order valence-corrected chi connectivity index (χ4v) is 3.37. The summed E-state index contributed by atoms with van der Waals surface area (Å²) < 4.78 is 0. The van der Waals surface area contributed by atoms with Crippen molar-refractivity contribution in [3.05, 3.63) is 65.2 Å². The number of carbonyl (C=O) groups is 1. The molecule has 4 rings (SSSR count). The lowest BCUT2D eigenvalue weighted by Gasteiger charge is -2.10. The predicted molar refractivity (Wildman–Crippen MR) is 97.4 cm³/mol. The quantitative estimate of drug-likeness (QED) is 0.841. The van der Waals surface area contributed by atoms with E-state index in [1.807, 2.05) is 36.4 Å². The van der Waals surface area contributed by atoms with Crippen molar-refractivity contribution in [2.45, 2.75) is 38.1 Å². The van der Waals surface area contributed by atoms with Gasteiger partial charge in [0.2, 0.25) is 0 Å². The van der Waals surface area contributed by atoms with Gasteiger partial charge in [-0.3, -0.25) is 4.79 Å². The summed E-state index contributed by atoms with van der Waals surface area (Å²) >= 11 is 0. The van der Waals surface area contributed by atoms with Crippen LogP contribution in [0.5, 0.6) is 0 Å². The molecule has 3 heteroatoms. The molecule has 0 aliphatic heterocycles. The summed E-state index contributed by atoms with van der Waals surface area (Å²) in [6.45, 7) is 3.33. The van der Waals surface area contributed by atoms with Crippen LogP contribution >= 0.6 is 0 Å². The number of aryl methyl sites for hydroxylation is 1. The molecule has 0 bridgehead atoms. The molecule has 0 spiro atoms. The maximum Gasteiger partial charge on any atom is 0.255 e. The summed E-state index contributed by atoms with van der Waals surface area (Å²) in [6, 6.07) is 16.3. The summed E-state index contributed by atoms with van der Waals surface area (Å²) in [5.41, 5.74) is 4.24. The molecule has 0 aromatic heterocycles. The minimum Gasteiger partial charge on any atom is -0.322 e. The van der Waals surface area contributed by atoms with Crippen LogP contribution in [0.25, 0.3) is 0 Å². The minimum absolute atomic E-state index is 0.0573. The second-order valence-corrected chi connectivity index (χ2v) is 7.19. The first-order valence-corrected chi connectivity index (χ1v) is 8.91. The first kappa shape index (κ1) is 15.4. The third kappa shape index (κ3) is 3.51. The zero-order valence-electron chi connectivity index (χ0n) is 14.1. The van der Waals surface area contributed by atoms with E-state index in [1.165, 1.54) is 36.9 Å². The average molecular weight is 320 g/mol. The third-order valence-corrected chi connectivity index (χ3v) is 5.12. The fraction of sp³-hybridized carbons (Fsp3) is 0.381. The largest absolute Gasteiger partial charge is 0.322 e. The second-order valence-electron chi connectivity index (χ2n) is 7.19. The van der Waals surface area contributed by atoms with Gasteiger partial charge in [-0.15, -0.1) is 0 Å². The van der Waals surface area contributed by atoms with Gasteiger partial charge in [0.15, 0.2) is 0 Å². The zero-order valence-corrected chi connectivity index (χ0v) is 14.1.